The largest absolute Gasteiger partial charge is 0.496 e. The molecule has 2 aromatic carbocycles. The monoisotopic (exact) mass is 350 g/mol. The fraction of sp³-hybridized carbons (Fsp3) is 0.125. The zero-order valence-corrected chi connectivity index (χ0v) is 13.9. The highest BCUT2D eigenvalue weighted by Crippen LogP contribution is 2.36. The van der Waals surface area contributed by atoms with Crippen molar-refractivity contribution in [3.05, 3.63) is 47.2 Å². The number of hydrogen-bond acceptors (Lipinski definition) is 4. The Morgan fingerprint density at radius 2 is 2.00 bits per heavy atom. The van der Waals surface area contributed by atoms with Crippen LogP contribution in [0, 0.1) is 6.92 Å². The molecule has 7 heteroatoms. The highest BCUT2D eigenvalue weighted by Gasteiger charge is 2.15. The fourth-order valence-electron chi connectivity index (χ4n) is 2.37. The number of benzene rings is 2. The molecule has 0 radical (unpaired) electrons. The maximum absolute atomic E-state index is 13.0. The average molecular weight is 351 g/mol. The Kier molecular flexibility index (Phi) is 4.28. The Bertz CT molecular complexity index is 933. The van der Waals surface area contributed by atoms with Crippen molar-refractivity contribution in [1.29, 1.82) is 0 Å². The van der Waals surface area contributed by atoms with Gasteiger partial charge in [0, 0.05) is 16.0 Å². The van der Waals surface area contributed by atoms with E-state index in [1.807, 2.05) is 13.0 Å². The van der Waals surface area contributed by atoms with Gasteiger partial charge in [-0.1, -0.05) is 11.6 Å². The van der Waals surface area contributed by atoms with Crippen molar-refractivity contribution in [2.24, 2.45) is 0 Å². The molecule has 1 heterocycles. The van der Waals surface area contributed by atoms with Crippen molar-refractivity contribution < 1.29 is 12.8 Å². The van der Waals surface area contributed by atoms with Gasteiger partial charge in [0.1, 0.15) is 12.1 Å². The van der Waals surface area contributed by atoms with Gasteiger partial charge in [0.05, 0.1) is 23.2 Å². The van der Waals surface area contributed by atoms with Crippen LogP contribution in [0.3, 0.4) is 0 Å². The number of hydrogen-bond donors (Lipinski definition) is 0. The van der Waals surface area contributed by atoms with Gasteiger partial charge in [-0.25, -0.2) is 14.2 Å². The Labute approximate surface area is 140 Å². The van der Waals surface area contributed by atoms with Crippen molar-refractivity contribution in [3.63, 3.8) is 0 Å². The highest BCUT2D eigenvalue weighted by molar-refractivity contribution is 7.79. The summed E-state index contributed by atoms with van der Waals surface area (Å²) in [6.07, 6.45) is 1.38. The Balaban J connectivity index is 2.29. The molecule has 0 saturated carbocycles. The van der Waals surface area contributed by atoms with E-state index >= 15 is 0 Å². The van der Waals surface area contributed by atoms with Gasteiger partial charge >= 0.3 is 0 Å². The van der Waals surface area contributed by atoms with Crippen LogP contribution in [0.2, 0.25) is 5.02 Å². The number of fused-ring (bicyclic) bond motifs is 1. The molecule has 0 N–H and O–H groups in total. The molecule has 3 aromatic rings. The first-order valence-corrected chi connectivity index (χ1v) is 8.11. The van der Waals surface area contributed by atoms with Gasteiger partial charge in [-0.05, 0) is 42.8 Å². The minimum atomic E-state index is -2.55. The Morgan fingerprint density at radius 1 is 1.22 bits per heavy atom. The average Bonchev–Trinajstić information content (AvgIpc) is 2.55. The summed E-state index contributed by atoms with van der Waals surface area (Å²) in [5.41, 5.74) is 2.79. The standard InChI is InChI=1S/C16H12ClFN2O2S/c1-9-5-12(15(22-2)7-13(9)17)16-11-4-3-10(23(18)21)6-14(11)19-8-20-16/h3-8H,1-2H3. The molecule has 0 saturated heterocycles. The van der Waals surface area contributed by atoms with Crippen LogP contribution >= 0.6 is 11.6 Å². The highest BCUT2D eigenvalue weighted by atomic mass is 35.5. The molecule has 0 spiro atoms. The number of halogens is 2. The van der Waals surface area contributed by atoms with Gasteiger partial charge in [0.15, 0.2) is 0 Å². The number of methoxy groups -OCH3 is 1. The summed E-state index contributed by atoms with van der Waals surface area (Å²) in [6, 6.07) is 8.17. The molecule has 0 fully saturated rings. The van der Waals surface area contributed by atoms with E-state index in [0.717, 1.165) is 11.1 Å². The summed E-state index contributed by atoms with van der Waals surface area (Å²) in [5, 5.41) is 1.31. The predicted octanol–water partition coefficient (Wildman–Crippen LogP) is 4.26. The Hall–Kier alpha value is -2.05. The lowest BCUT2D eigenvalue weighted by molar-refractivity contribution is 0.416. The Morgan fingerprint density at radius 3 is 2.70 bits per heavy atom. The van der Waals surface area contributed by atoms with Crippen molar-refractivity contribution in [3.8, 4) is 17.0 Å². The zero-order valence-electron chi connectivity index (χ0n) is 12.3. The van der Waals surface area contributed by atoms with Crippen molar-refractivity contribution >= 4 is 33.7 Å². The summed E-state index contributed by atoms with van der Waals surface area (Å²) < 4.78 is 29.4. The molecule has 0 amide bonds. The lowest BCUT2D eigenvalue weighted by atomic mass is 10.0. The normalized spacial score (nSPS) is 12.3. The van der Waals surface area contributed by atoms with E-state index in [9.17, 15) is 8.09 Å². The summed E-state index contributed by atoms with van der Waals surface area (Å²) in [4.78, 5) is 8.52. The summed E-state index contributed by atoms with van der Waals surface area (Å²) in [7, 11) is 1.55. The van der Waals surface area contributed by atoms with E-state index in [1.165, 1.54) is 18.5 Å². The predicted molar refractivity (Wildman–Crippen MR) is 88.8 cm³/mol. The van der Waals surface area contributed by atoms with Crippen molar-refractivity contribution in [2.75, 3.05) is 7.11 Å². The van der Waals surface area contributed by atoms with Gasteiger partial charge < -0.3 is 4.74 Å². The molecule has 1 atom stereocenters. The first-order chi connectivity index (χ1) is 11.0. The van der Waals surface area contributed by atoms with Crippen LogP contribution in [-0.2, 0) is 11.2 Å². The van der Waals surface area contributed by atoms with Crippen LogP contribution in [0.25, 0.3) is 22.2 Å². The van der Waals surface area contributed by atoms with Crippen LogP contribution in [0.1, 0.15) is 5.56 Å². The van der Waals surface area contributed by atoms with Gasteiger partial charge in [0.25, 0.3) is 0 Å². The van der Waals surface area contributed by atoms with E-state index < -0.39 is 11.2 Å². The molecule has 0 bridgehead atoms. The molecule has 4 nitrogen and oxygen atoms in total. The number of nitrogens with zero attached hydrogens (tertiary/aromatic N) is 2. The van der Waals surface area contributed by atoms with Gasteiger partial charge in [-0.3, -0.25) is 0 Å². The fourth-order valence-corrected chi connectivity index (χ4v) is 2.90. The quantitative estimate of drug-likeness (QED) is 0.662. The molecule has 1 unspecified atom stereocenters. The maximum atomic E-state index is 13.0. The first-order valence-electron chi connectivity index (χ1n) is 6.68. The van der Waals surface area contributed by atoms with Crippen LogP contribution in [-0.4, -0.2) is 21.3 Å². The van der Waals surface area contributed by atoms with E-state index in [2.05, 4.69) is 9.97 Å². The number of aryl methyl sites for hydroxylation is 1. The van der Waals surface area contributed by atoms with Crippen LogP contribution < -0.4 is 4.74 Å². The minimum Gasteiger partial charge on any atom is -0.496 e. The van der Waals surface area contributed by atoms with Gasteiger partial charge in [-0.15, -0.1) is 3.89 Å². The second-order valence-electron chi connectivity index (χ2n) is 4.93. The SMILES string of the molecule is COc1cc(Cl)c(C)cc1-c1ncnc2cc(S(=O)F)ccc12. The lowest BCUT2D eigenvalue weighted by Gasteiger charge is -2.12. The van der Waals surface area contributed by atoms with Gasteiger partial charge in [-0.2, -0.15) is 0 Å². The van der Waals surface area contributed by atoms with Crippen LogP contribution in [0.15, 0.2) is 41.6 Å². The minimum absolute atomic E-state index is 0.0707. The molecule has 23 heavy (non-hydrogen) atoms. The van der Waals surface area contributed by atoms with Crippen molar-refractivity contribution in [2.45, 2.75) is 11.8 Å². The lowest BCUT2D eigenvalue weighted by Crippen LogP contribution is -1.95. The molecule has 1 aromatic heterocycles. The second kappa shape index (κ2) is 6.22. The third-order valence-corrected chi connectivity index (χ3v) is 4.56. The summed E-state index contributed by atoms with van der Waals surface area (Å²) in [6.45, 7) is 1.89. The molecule has 0 aliphatic heterocycles. The second-order valence-corrected chi connectivity index (χ2v) is 6.25. The third kappa shape index (κ3) is 2.92. The number of aromatic nitrogens is 2. The van der Waals surface area contributed by atoms with Crippen LogP contribution in [0.5, 0.6) is 5.75 Å². The number of ether oxygens (including phenoxy) is 1. The molecule has 3 rings (SSSR count). The number of rotatable bonds is 3. The third-order valence-electron chi connectivity index (χ3n) is 3.53. The molecular formula is C16H12ClFN2O2S. The van der Waals surface area contributed by atoms with E-state index in [1.54, 1.807) is 19.2 Å². The molecular weight excluding hydrogens is 339 g/mol. The molecule has 118 valence electrons. The van der Waals surface area contributed by atoms with E-state index in [-0.39, 0.29) is 4.90 Å². The summed E-state index contributed by atoms with van der Waals surface area (Å²) >= 11 is 3.59. The first kappa shape index (κ1) is 15.8. The maximum Gasteiger partial charge on any atom is 0.231 e. The smallest absolute Gasteiger partial charge is 0.231 e. The molecule has 0 aliphatic rings. The zero-order chi connectivity index (χ0) is 16.6. The van der Waals surface area contributed by atoms with Crippen LogP contribution in [0.4, 0.5) is 3.89 Å². The van der Waals surface area contributed by atoms with Gasteiger partial charge in [0.2, 0.25) is 11.2 Å². The van der Waals surface area contributed by atoms with Crippen molar-refractivity contribution in [1.82, 2.24) is 9.97 Å². The van der Waals surface area contributed by atoms with E-state index in [4.69, 9.17) is 16.3 Å². The summed E-state index contributed by atoms with van der Waals surface area (Å²) in [5.74, 6) is 0.582. The molecule has 0 aliphatic carbocycles. The van der Waals surface area contributed by atoms with E-state index in [0.29, 0.717) is 27.4 Å². The topological polar surface area (TPSA) is 52.1 Å².